The lowest BCUT2D eigenvalue weighted by Gasteiger charge is -2.19. The minimum atomic E-state index is -0.113. The summed E-state index contributed by atoms with van der Waals surface area (Å²) in [7, 11) is 0. The number of nitrogens with zero attached hydrogens (tertiary/aromatic N) is 3. The van der Waals surface area contributed by atoms with Crippen molar-refractivity contribution in [2.45, 2.75) is 99.5 Å². The van der Waals surface area contributed by atoms with E-state index in [0.29, 0.717) is 42.6 Å². The maximum atomic E-state index is 14.1. The second kappa shape index (κ2) is 17.3. The quantitative estimate of drug-likeness (QED) is 0.118. The van der Waals surface area contributed by atoms with Gasteiger partial charge in [0.1, 0.15) is 29.8 Å². The van der Waals surface area contributed by atoms with Crippen LogP contribution in [0.3, 0.4) is 0 Å². The lowest BCUT2D eigenvalue weighted by molar-refractivity contribution is 0.251. The van der Waals surface area contributed by atoms with Crippen molar-refractivity contribution >= 4 is 12.0 Å². The largest absolute Gasteiger partial charge is 0.493 e. The third-order valence-electron chi connectivity index (χ3n) is 7.34. The summed E-state index contributed by atoms with van der Waals surface area (Å²) in [6, 6.07) is 14.7. The second-order valence-electron chi connectivity index (χ2n) is 10.8. The number of ether oxygens (including phenoxy) is 2. The molecule has 0 bridgehead atoms. The Morgan fingerprint density at radius 1 is 0.977 bits per heavy atom. The van der Waals surface area contributed by atoms with Gasteiger partial charge in [0.15, 0.2) is 0 Å². The molecule has 6 nitrogen and oxygen atoms in total. The van der Waals surface area contributed by atoms with Gasteiger partial charge in [0.2, 0.25) is 0 Å². The van der Waals surface area contributed by atoms with Crippen LogP contribution < -0.4 is 10.3 Å². The maximum Gasteiger partial charge on any atom is 0.263 e. The fourth-order valence-electron chi connectivity index (χ4n) is 5.27. The first-order valence-corrected chi connectivity index (χ1v) is 15.8. The summed E-state index contributed by atoms with van der Waals surface area (Å²) >= 11 is 0. The number of aliphatic imine (C=N–C) groups is 1. The number of unbranched alkanes of at least 4 members (excludes halogenated alkanes) is 1. The van der Waals surface area contributed by atoms with Crippen molar-refractivity contribution in [3.63, 3.8) is 0 Å². The molecule has 2 aromatic carbocycles. The smallest absolute Gasteiger partial charge is 0.263 e. The van der Waals surface area contributed by atoms with Gasteiger partial charge in [-0.1, -0.05) is 89.1 Å². The molecule has 43 heavy (non-hydrogen) atoms. The van der Waals surface area contributed by atoms with Crippen LogP contribution in [0.2, 0.25) is 0 Å². The molecular weight excluding hydrogens is 534 g/mol. The van der Waals surface area contributed by atoms with E-state index in [4.69, 9.17) is 14.5 Å². The Morgan fingerprint density at radius 3 is 2.23 bits per heavy atom. The van der Waals surface area contributed by atoms with Crippen LogP contribution in [0.25, 0.3) is 5.82 Å². The van der Waals surface area contributed by atoms with Gasteiger partial charge in [0, 0.05) is 12.0 Å². The fraction of sp³-hybridized carbons (Fsp3) is 0.432. The summed E-state index contributed by atoms with van der Waals surface area (Å²) in [5, 5.41) is 0. The third kappa shape index (κ3) is 9.28. The van der Waals surface area contributed by atoms with E-state index >= 15 is 0 Å². The zero-order valence-corrected chi connectivity index (χ0v) is 27.0. The molecule has 0 radical (unpaired) electrons. The first kappa shape index (κ1) is 33.6. The van der Waals surface area contributed by atoms with Crippen molar-refractivity contribution < 1.29 is 9.47 Å². The zero-order valence-electron chi connectivity index (χ0n) is 27.0. The number of allylic oxidation sites excluding steroid dienone is 2. The zero-order chi connectivity index (χ0) is 31.2. The van der Waals surface area contributed by atoms with Crippen LogP contribution in [0.5, 0.6) is 5.75 Å². The Labute approximate surface area is 258 Å². The number of hydrogen-bond acceptors (Lipinski definition) is 5. The average Bonchev–Trinajstić information content (AvgIpc) is 3.00. The summed E-state index contributed by atoms with van der Waals surface area (Å²) in [5.74, 6) is 2.52. The van der Waals surface area contributed by atoms with Crippen LogP contribution in [0.15, 0.2) is 70.7 Å². The molecule has 0 saturated carbocycles. The van der Waals surface area contributed by atoms with E-state index in [0.717, 1.165) is 67.5 Å². The predicted molar refractivity (Wildman–Crippen MR) is 179 cm³/mol. The monoisotopic (exact) mass is 583 g/mol. The molecule has 3 aromatic rings. The summed E-state index contributed by atoms with van der Waals surface area (Å²) in [6.45, 7) is 17.4. The molecule has 6 heteroatoms. The summed E-state index contributed by atoms with van der Waals surface area (Å²) in [5.41, 5.74) is 6.09. The van der Waals surface area contributed by atoms with Crippen LogP contribution in [-0.2, 0) is 37.0 Å². The minimum absolute atomic E-state index is 0.113. The molecule has 0 aliphatic carbocycles. The number of aryl methyl sites for hydroxylation is 4. The van der Waals surface area contributed by atoms with Gasteiger partial charge in [-0.2, -0.15) is 0 Å². The van der Waals surface area contributed by atoms with E-state index in [2.05, 4.69) is 56.6 Å². The van der Waals surface area contributed by atoms with Gasteiger partial charge in [0.25, 0.3) is 5.56 Å². The molecule has 0 fully saturated rings. The van der Waals surface area contributed by atoms with Crippen LogP contribution in [0.1, 0.15) is 99.6 Å². The van der Waals surface area contributed by atoms with Gasteiger partial charge in [-0.15, -0.1) is 0 Å². The molecule has 0 aliphatic heterocycles. The van der Waals surface area contributed by atoms with Crippen molar-refractivity contribution in [3.05, 3.63) is 111 Å². The molecular formula is C37H49N3O3. The van der Waals surface area contributed by atoms with Gasteiger partial charge >= 0.3 is 0 Å². The Morgan fingerprint density at radius 2 is 1.65 bits per heavy atom. The minimum Gasteiger partial charge on any atom is -0.493 e. The van der Waals surface area contributed by atoms with Crippen LogP contribution in [-0.4, -0.2) is 22.4 Å². The molecule has 3 rings (SSSR count). The SMILES string of the molecule is C=C(/N=C\C(=C/C)OCC)n1c(C)nc(CCCC)c(Cc2cc(CCC)c(OCc3ccccc3)c(CCC)c2)c1=O. The van der Waals surface area contributed by atoms with Gasteiger partial charge in [-0.3, -0.25) is 4.79 Å². The number of aromatic nitrogens is 2. The normalized spacial score (nSPS) is 11.7. The molecule has 0 unspecified atom stereocenters. The lowest BCUT2D eigenvalue weighted by atomic mass is 9.94. The van der Waals surface area contributed by atoms with Crippen molar-refractivity contribution in [2.75, 3.05) is 6.61 Å². The van der Waals surface area contributed by atoms with E-state index in [1.165, 1.54) is 15.7 Å². The highest BCUT2D eigenvalue weighted by atomic mass is 16.5. The van der Waals surface area contributed by atoms with Crippen LogP contribution >= 0.6 is 0 Å². The molecule has 230 valence electrons. The van der Waals surface area contributed by atoms with E-state index < -0.39 is 0 Å². The Bertz CT molecular complexity index is 1440. The number of benzene rings is 2. The molecule has 0 atom stereocenters. The Balaban J connectivity index is 2.07. The first-order chi connectivity index (χ1) is 20.9. The van der Waals surface area contributed by atoms with Crippen molar-refractivity contribution in [2.24, 2.45) is 4.99 Å². The molecule has 0 spiro atoms. The van der Waals surface area contributed by atoms with Gasteiger partial charge in [-0.05, 0) is 74.8 Å². The maximum absolute atomic E-state index is 14.1. The van der Waals surface area contributed by atoms with Crippen molar-refractivity contribution in [3.8, 4) is 5.75 Å². The van der Waals surface area contributed by atoms with Crippen LogP contribution in [0, 0.1) is 6.92 Å². The highest BCUT2D eigenvalue weighted by molar-refractivity contribution is 5.79. The standard InChI is InChI=1S/C37H49N3O3/c1-8-13-21-35-34(37(41)40(28(7)39-35)27(6)38-25-33(11-4)42-12-5)24-30-22-31(17-9-2)36(32(23-30)18-10-3)43-26-29-19-15-14-16-20-29/h11,14-16,19-20,22-23,25H,6,8-10,12-13,17-18,21,24,26H2,1-5,7H3/b33-11+,38-25-. The van der Waals surface area contributed by atoms with E-state index in [-0.39, 0.29) is 5.56 Å². The molecule has 0 saturated heterocycles. The fourth-order valence-corrected chi connectivity index (χ4v) is 5.27. The summed E-state index contributed by atoms with van der Waals surface area (Å²) in [6.07, 6.45) is 10.5. The van der Waals surface area contributed by atoms with Crippen molar-refractivity contribution in [1.82, 2.24) is 9.55 Å². The molecule has 1 heterocycles. The number of rotatable bonds is 17. The van der Waals surface area contributed by atoms with Crippen molar-refractivity contribution in [1.29, 1.82) is 0 Å². The van der Waals surface area contributed by atoms with Crippen LogP contribution in [0.4, 0.5) is 0 Å². The Hall–Kier alpha value is -3.93. The second-order valence-corrected chi connectivity index (χ2v) is 10.8. The molecule has 1 aromatic heterocycles. The molecule has 0 aliphatic rings. The van der Waals surface area contributed by atoms with E-state index in [1.807, 2.05) is 45.0 Å². The van der Waals surface area contributed by atoms with Gasteiger partial charge in [0.05, 0.1) is 18.5 Å². The summed E-state index contributed by atoms with van der Waals surface area (Å²) in [4.78, 5) is 23.5. The average molecular weight is 584 g/mol. The molecule has 0 N–H and O–H groups in total. The van der Waals surface area contributed by atoms with E-state index in [1.54, 1.807) is 6.21 Å². The van der Waals surface area contributed by atoms with E-state index in [9.17, 15) is 4.79 Å². The topological polar surface area (TPSA) is 65.7 Å². The van der Waals surface area contributed by atoms with Gasteiger partial charge in [-0.25, -0.2) is 14.5 Å². The summed E-state index contributed by atoms with van der Waals surface area (Å²) < 4.78 is 13.6. The predicted octanol–water partition coefficient (Wildman–Crippen LogP) is 8.41. The highest BCUT2D eigenvalue weighted by Crippen LogP contribution is 2.31. The third-order valence-corrected chi connectivity index (χ3v) is 7.34. The lowest BCUT2D eigenvalue weighted by Crippen LogP contribution is -2.28. The van der Waals surface area contributed by atoms with Gasteiger partial charge < -0.3 is 9.47 Å². The highest BCUT2D eigenvalue weighted by Gasteiger charge is 2.19. The number of hydrogen-bond donors (Lipinski definition) is 0. The Kier molecular flexibility index (Phi) is 13.5. The first-order valence-electron chi connectivity index (χ1n) is 15.8. The molecule has 0 amide bonds.